The van der Waals surface area contributed by atoms with Crippen molar-refractivity contribution in [1.29, 1.82) is 0 Å². The van der Waals surface area contributed by atoms with E-state index in [1.54, 1.807) is 11.4 Å². The van der Waals surface area contributed by atoms with Crippen LogP contribution in [-0.2, 0) is 4.79 Å². The monoisotopic (exact) mass is 274 g/mol. The summed E-state index contributed by atoms with van der Waals surface area (Å²) in [7, 11) is 0. The van der Waals surface area contributed by atoms with Gasteiger partial charge in [0.15, 0.2) is 0 Å². The first-order valence-corrected chi connectivity index (χ1v) is 7.19. The molecule has 0 saturated heterocycles. The van der Waals surface area contributed by atoms with E-state index in [1.807, 2.05) is 6.26 Å². The van der Waals surface area contributed by atoms with Crippen LogP contribution in [0.3, 0.4) is 0 Å². The number of carboxylic acid groups (broad SMARTS) is 1. The molecular formula is C10H14N2O3S2. The Labute approximate surface area is 107 Å². The van der Waals surface area contributed by atoms with Crippen LogP contribution in [0.5, 0.6) is 0 Å². The molecule has 1 aromatic rings. The number of rotatable bonds is 6. The molecule has 0 spiro atoms. The number of hydrogen-bond acceptors (Lipinski definition) is 5. The molecule has 0 fully saturated rings. The molecule has 0 aliphatic heterocycles. The summed E-state index contributed by atoms with van der Waals surface area (Å²) >= 11 is 2.74. The fourth-order valence-electron chi connectivity index (χ4n) is 1.22. The second kappa shape index (κ2) is 6.51. The van der Waals surface area contributed by atoms with Crippen molar-refractivity contribution >= 4 is 40.7 Å². The van der Waals surface area contributed by atoms with Gasteiger partial charge in [-0.05, 0) is 29.9 Å². The van der Waals surface area contributed by atoms with Crippen LogP contribution in [0.4, 0.5) is 5.69 Å². The lowest BCUT2D eigenvalue weighted by Gasteiger charge is -2.13. The third-order valence-electron chi connectivity index (χ3n) is 2.12. The number of thioether (sulfide) groups is 1. The first-order chi connectivity index (χ1) is 8.06. The Bertz CT molecular complexity index is 406. The molecule has 1 amide bonds. The molecule has 1 atom stereocenters. The van der Waals surface area contributed by atoms with Gasteiger partial charge in [-0.1, -0.05) is 0 Å². The number of carboxylic acids is 1. The van der Waals surface area contributed by atoms with Crippen LogP contribution in [0.1, 0.15) is 16.1 Å². The van der Waals surface area contributed by atoms with Crippen molar-refractivity contribution in [3.05, 3.63) is 16.3 Å². The van der Waals surface area contributed by atoms with Crippen molar-refractivity contribution in [1.82, 2.24) is 5.32 Å². The van der Waals surface area contributed by atoms with E-state index in [0.29, 0.717) is 22.7 Å². The summed E-state index contributed by atoms with van der Waals surface area (Å²) in [6, 6.07) is 0.758. The number of carbonyl (C=O) groups excluding carboxylic acids is 1. The summed E-state index contributed by atoms with van der Waals surface area (Å²) < 4.78 is 0. The summed E-state index contributed by atoms with van der Waals surface area (Å²) in [4.78, 5) is 23.1. The molecule has 1 heterocycles. The maximum absolute atomic E-state index is 11.8. The summed E-state index contributed by atoms with van der Waals surface area (Å²) in [6.07, 6.45) is 2.28. The van der Waals surface area contributed by atoms with E-state index in [0.717, 1.165) is 0 Å². The molecule has 1 rings (SSSR count). The highest BCUT2D eigenvalue weighted by Crippen LogP contribution is 2.18. The standard InChI is InChI=1S/C10H14N2O3S2/c1-16-4-3-7(10(14)15)12-9(13)8-6(11)2-5-17-8/h2,5,7H,3-4,11H2,1H3,(H,12,13)(H,14,15)/t7-/m0/s1. The number of thiophene rings is 1. The number of carbonyl (C=O) groups is 2. The van der Waals surface area contributed by atoms with E-state index in [1.165, 1.54) is 23.1 Å². The van der Waals surface area contributed by atoms with Gasteiger partial charge in [0, 0.05) is 0 Å². The van der Waals surface area contributed by atoms with Crippen molar-refractivity contribution in [3.8, 4) is 0 Å². The van der Waals surface area contributed by atoms with Gasteiger partial charge < -0.3 is 16.2 Å². The molecular weight excluding hydrogens is 260 g/mol. The number of hydrogen-bond donors (Lipinski definition) is 3. The van der Waals surface area contributed by atoms with Gasteiger partial charge in [0.2, 0.25) is 0 Å². The van der Waals surface area contributed by atoms with Gasteiger partial charge in [0.05, 0.1) is 5.69 Å². The van der Waals surface area contributed by atoms with Crippen LogP contribution in [0.25, 0.3) is 0 Å². The number of aliphatic carboxylic acids is 1. The highest BCUT2D eigenvalue weighted by atomic mass is 32.2. The first kappa shape index (κ1) is 13.9. The summed E-state index contributed by atoms with van der Waals surface area (Å²) in [6.45, 7) is 0. The third kappa shape index (κ3) is 3.94. The van der Waals surface area contributed by atoms with Crippen molar-refractivity contribution < 1.29 is 14.7 Å². The lowest BCUT2D eigenvalue weighted by Crippen LogP contribution is -2.41. The van der Waals surface area contributed by atoms with Crippen LogP contribution < -0.4 is 11.1 Å². The van der Waals surface area contributed by atoms with E-state index in [4.69, 9.17) is 10.8 Å². The molecule has 0 aliphatic carbocycles. The molecule has 94 valence electrons. The van der Waals surface area contributed by atoms with Crippen LogP contribution in [0, 0.1) is 0 Å². The smallest absolute Gasteiger partial charge is 0.326 e. The third-order valence-corrected chi connectivity index (χ3v) is 3.69. The number of anilines is 1. The molecule has 17 heavy (non-hydrogen) atoms. The average Bonchev–Trinajstić information content (AvgIpc) is 2.70. The Kier molecular flexibility index (Phi) is 5.30. The maximum atomic E-state index is 11.8. The Hall–Kier alpha value is -1.21. The average molecular weight is 274 g/mol. The zero-order valence-corrected chi connectivity index (χ0v) is 10.9. The lowest BCUT2D eigenvalue weighted by molar-refractivity contribution is -0.139. The minimum atomic E-state index is -1.03. The topological polar surface area (TPSA) is 92.4 Å². The van der Waals surface area contributed by atoms with Gasteiger partial charge in [0.25, 0.3) is 5.91 Å². The van der Waals surface area contributed by atoms with Crippen LogP contribution in [0.2, 0.25) is 0 Å². The van der Waals surface area contributed by atoms with Crippen LogP contribution >= 0.6 is 23.1 Å². The molecule has 1 aromatic heterocycles. The van der Waals surface area contributed by atoms with Crippen molar-refractivity contribution in [2.24, 2.45) is 0 Å². The van der Waals surface area contributed by atoms with Crippen LogP contribution in [-0.4, -0.2) is 35.0 Å². The fraction of sp³-hybridized carbons (Fsp3) is 0.400. The number of amides is 1. The summed E-state index contributed by atoms with van der Waals surface area (Å²) in [5.41, 5.74) is 5.97. The van der Waals surface area contributed by atoms with Gasteiger partial charge in [-0.2, -0.15) is 11.8 Å². The minimum Gasteiger partial charge on any atom is -0.480 e. The van der Waals surface area contributed by atoms with E-state index in [-0.39, 0.29) is 0 Å². The number of nitrogens with two attached hydrogens (primary N) is 1. The molecule has 0 radical (unpaired) electrons. The van der Waals surface area contributed by atoms with E-state index in [2.05, 4.69) is 5.32 Å². The Morgan fingerprint density at radius 1 is 1.65 bits per heavy atom. The predicted octanol–water partition coefficient (Wildman–Crippen LogP) is 1.27. The van der Waals surface area contributed by atoms with Gasteiger partial charge >= 0.3 is 5.97 Å². The number of nitrogens with one attached hydrogen (secondary N) is 1. The predicted molar refractivity (Wildman–Crippen MR) is 70.6 cm³/mol. The Morgan fingerprint density at radius 2 is 2.35 bits per heavy atom. The largest absolute Gasteiger partial charge is 0.480 e. The molecule has 0 saturated carbocycles. The zero-order chi connectivity index (χ0) is 12.8. The molecule has 5 nitrogen and oxygen atoms in total. The normalized spacial score (nSPS) is 12.1. The summed E-state index contributed by atoms with van der Waals surface area (Å²) in [5.74, 6) is -0.773. The highest BCUT2D eigenvalue weighted by molar-refractivity contribution is 7.98. The lowest BCUT2D eigenvalue weighted by atomic mass is 10.2. The zero-order valence-electron chi connectivity index (χ0n) is 9.30. The van der Waals surface area contributed by atoms with Gasteiger partial charge in [0.1, 0.15) is 10.9 Å². The second-order valence-corrected chi connectivity index (χ2v) is 5.25. The second-order valence-electron chi connectivity index (χ2n) is 3.35. The fourth-order valence-corrected chi connectivity index (χ4v) is 2.41. The molecule has 0 aromatic carbocycles. The van der Waals surface area contributed by atoms with E-state index < -0.39 is 17.9 Å². The van der Waals surface area contributed by atoms with E-state index in [9.17, 15) is 9.59 Å². The molecule has 0 aliphatic rings. The Balaban J connectivity index is 2.64. The van der Waals surface area contributed by atoms with Crippen molar-refractivity contribution in [2.75, 3.05) is 17.7 Å². The minimum absolute atomic E-state index is 0.361. The van der Waals surface area contributed by atoms with Gasteiger partial charge in [-0.3, -0.25) is 4.79 Å². The molecule has 7 heteroatoms. The molecule has 4 N–H and O–H groups in total. The maximum Gasteiger partial charge on any atom is 0.326 e. The molecule has 0 unspecified atom stereocenters. The van der Waals surface area contributed by atoms with Gasteiger partial charge in [-0.15, -0.1) is 11.3 Å². The first-order valence-electron chi connectivity index (χ1n) is 4.91. The van der Waals surface area contributed by atoms with Crippen molar-refractivity contribution in [3.63, 3.8) is 0 Å². The van der Waals surface area contributed by atoms with Crippen LogP contribution in [0.15, 0.2) is 11.4 Å². The van der Waals surface area contributed by atoms with E-state index >= 15 is 0 Å². The molecule has 0 bridgehead atoms. The van der Waals surface area contributed by atoms with Crippen molar-refractivity contribution in [2.45, 2.75) is 12.5 Å². The number of nitrogen functional groups attached to an aromatic ring is 1. The summed E-state index contributed by atoms with van der Waals surface area (Å²) in [5, 5.41) is 13.1. The van der Waals surface area contributed by atoms with Gasteiger partial charge in [-0.25, -0.2) is 4.79 Å². The Morgan fingerprint density at radius 3 is 2.82 bits per heavy atom. The SMILES string of the molecule is CSCC[C@H](NC(=O)c1sccc1N)C(=O)O. The quantitative estimate of drug-likeness (QED) is 0.726. The highest BCUT2D eigenvalue weighted by Gasteiger charge is 2.21.